The lowest BCUT2D eigenvalue weighted by atomic mass is 9.76. The van der Waals surface area contributed by atoms with E-state index in [1.807, 2.05) is 6.07 Å². The van der Waals surface area contributed by atoms with E-state index in [1.54, 1.807) is 17.8 Å². The van der Waals surface area contributed by atoms with Gasteiger partial charge in [-0.05, 0) is 72.5 Å². The monoisotopic (exact) mass is 341 g/mol. The van der Waals surface area contributed by atoms with Gasteiger partial charge in [0.15, 0.2) is 11.5 Å². The molecule has 0 saturated heterocycles. The summed E-state index contributed by atoms with van der Waals surface area (Å²) in [4.78, 5) is 3.80. The number of rotatable bonds is 3. The van der Waals surface area contributed by atoms with Crippen LogP contribution in [0.3, 0.4) is 0 Å². The van der Waals surface area contributed by atoms with Crippen molar-refractivity contribution in [1.82, 2.24) is 4.90 Å². The van der Waals surface area contributed by atoms with Crippen LogP contribution < -0.4 is 0 Å². The molecule has 1 atom stereocenters. The van der Waals surface area contributed by atoms with Gasteiger partial charge < -0.3 is 10.2 Å². The first-order valence-corrected chi connectivity index (χ1v) is 9.85. The first kappa shape index (κ1) is 15.9. The third-order valence-electron chi connectivity index (χ3n) is 5.35. The molecule has 2 aromatic carbocycles. The Labute approximate surface area is 147 Å². The zero-order valence-corrected chi connectivity index (χ0v) is 15.0. The van der Waals surface area contributed by atoms with Crippen molar-refractivity contribution in [3.63, 3.8) is 0 Å². The largest absolute Gasteiger partial charge is 0.504 e. The Balaban J connectivity index is 1.98. The van der Waals surface area contributed by atoms with Crippen LogP contribution in [0.4, 0.5) is 0 Å². The minimum Gasteiger partial charge on any atom is -0.504 e. The Kier molecular flexibility index (Phi) is 3.97. The summed E-state index contributed by atoms with van der Waals surface area (Å²) in [7, 11) is 0. The number of benzene rings is 2. The lowest BCUT2D eigenvalue weighted by Gasteiger charge is -2.42. The average molecular weight is 341 g/mol. The molecule has 0 fully saturated rings. The molecule has 0 amide bonds. The fourth-order valence-electron chi connectivity index (χ4n) is 4.30. The molecule has 0 spiro atoms. The van der Waals surface area contributed by atoms with Crippen molar-refractivity contribution in [2.24, 2.45) is 0 Å². The molecule has 4 heteroatoms. The highest BCUT2D eigenvalue weighted by Gasteiger charge is 2.35. The van der Waals surface area contributed by atoms with E-state index in [9.17, 15) is 10.2 Å². The van der Waals surface area contributed by atoms with Gasteiger partial charge in [-0.15, -0.1) is 11.8 Å². The molecule has 0 radical (unpaired) electrons. The van der Waals surface area contributed by atoms with Crippen LogP contribution >= 0.6 is 11.8 Å². The summed E-state index contributed by atoms with van der Waals surface area (Å²) in [5.74, 6) is -0.00394. The molecule has 2 aliphatic rings. The highest BCUT2D eigenvalue weighted by Crippen LogP contribution is 2.51. The minimum atomic E-state index is -0.0308. The van der Waals surface area contributed by atoms with Gasteiger partial charge in [-0.3, -0.25) is 4.90 Å². The molecule has 0 unspecified atom stereocenters. The number of hydrogen-bond donors (Lipinski definition) is 2. The van der Waals surface area contributed by atoms with Gasteiger partial charge in [0.05, 0.1) is 0 Å². The molecule has 4 rings (SSSR count). The highest BCUT2D eigenvalue weighted by molar-refractivity contribution is 7.98. The number of fused-ring (bicyclic) bond motifs is 2. The number of phenols is 2. The highest BCUT2D eigenvalue weighted by atomic mass is 32.2. The molecule has 3 nitrogen and oxygen atoms in total. The van der Waals surface area contributed by atoms with Crippen molar-refractivity contribution in [1.29, 1.82) is 0 Å². The zero-order chi connectivity index (χ0) is 16.8. The number of thioether (sulfide) groups is 1. The molecule has 1 aliphatic carbocycles. The van der Waals surface area contributed by atoms with Crippen LogP contribution in [0.25, 0.3) is 11.1 Å². The number of aromatic hydroxyl groups is 2. The molecule has 24 heavy (non-hydrogen) atoms. The predicted molar refractivity (Wildman–Crippen MR) is 99.0 cm³/mol. The number of hydrogen-bond acceptors (Lipinski definition) is 4. The lowest BCUT2D eigenvalue weighted by molar-refractivity contribution is 0.182. The summed E-state index contributed by atoms with van der Waals surface area (Å²) in [6, 6.07) is 8.47. The predicted octanol–water partition coefficient (Wildman–Crippen LogP) is 4.35. The van der Waals surface area contributed by atoms with Crippen LogP contribution in [0, 0.1) is 0 Å². The second-order valence-corrected chi connectivity index (χ2v) is 7.60. The molecular weight excluding hydrogens is 318 g/mol. The van der Waals surface area contributed by atoms with E-state index < -0.39 is 0 Å². The standard InChI is InChI=1S/C20H23NO2S/c1-3-7-21-8-6-13-9-14(24-2)11-15-18(13)16(21)10-12-4-5-17(22)20(23)19(12)15/h4-5,9,11,16,22-23H,3,6-8,10H2,1-2H3/t16-/m1/s1. The summed E-state index contributed by atoms with van der Waals surface area (Å²) < 4.78 is 0. The van der Waals surface area contributed by atoms with Gasteiger partial charge in [0, 0.05) is 23.0 Å². The summed E-state index contributed by atoms with van der Waals surface area (Å²) in [5, 5.41) is 20.5. The molecule has 2 aromatic rings. The normalized spacial score (nSPS) is 19.0. The molecule has 1 heterocycles. The molecular formula is C20H23NO2S. The third kappa shape index (κ3) is 2.32. The van der Waals surface area contributed by atoms with Gasteiger partial charge >= 0.3 is 0 Å². The molecule has 2 N–H and O–H groups in total. The fraction of sp³-hybridized carbons (Fsp3) is 0.400. The second kappa shape index (κ2) is 6.01. The third-order valence-corrected chi connectivity index (χ3v) is 6.06. The maximum atomic E-state index is 10.5. The van der Waals surface area contributed by atoms with E-state index in [0.29, 0.717) is 6.04 Å². The summed E-state index contributed by atoms with van der Waals surface area (Å²) >= 11 is 1.73. The van der Waals surface area contributed by atoms with Crippen LogP contribution in [0.15, 0.2) is 29.2 Å². The lowest BCUT2D eigenvalue weighted by Crippen LogP contribution is -2.38. The molecule has 0 saturated carbocycles. The van der Waals surface area contributed by atoms with Crippen molar-refractivity contribution in [3.8, 4) is 22.6 Å². The van der Waals surface area contributed by atoms with Crippen molar-refractivity contribution in [2.75, 3.05) is 19.3 Å². The maximum absolute atomic E-state index is 10.5. The van der Waals surface area contributed by atoms with Gasteiger partial charge in [-0.1, -0.05) is 13.0 Å². The Morgan fingerprint density at radius 2 is 2.04 bits per heavy atom. The van der Waals surface area contributed by atoms with Gasteiger partial charge in [0.2, 0.25) is 0 Å². The van der Waals surface area contributed by atoms with Crippen LogP contribution in [-0.4, -0.2) is 34.5 Å². The zero-order valence-electron chi connectivity index (χ0n) is 14.2. The van der Waals surface area contributed by atoms with Crippen LogP contribution in [-0.2, 0) is 12.8 Å². The first-order chi connectivity index (χ1) is 11.6. The number of nitrogens with zero attached hydrogens (tertiary/aromatic N) is 1. The fourth-order valence-corrected chi connectivity index (χ4v) is 4.79. The van der Waals surface area contributed by atoms with E-state index >= 15 is 0 Å². The smallest absolute Gasteiger partial charge is 0.165 e. The molecule has 126 valence electrons. The van der Waals surface area contributed by atoms with E-state index in [-0.39, 0.29) is 11.5 Å². The summed E-state index contributed by atoms with van der Waals surface area (Å²) in [5.41, 5.74) is 5.84. The van der Waals surface area contributed by atoms with Crippen LogP contribution in [0.1, 0.15) is 36.1 Å². The SMILES string of the molecule is CCCN1CCc2cc(SC)cc3c2[C@H]1Cc1ccc(O)c(O)c1-3. The average Bonchev–Trinajstić information content (AvgIpc) is 2.60. The van der Waals surface area contributed by atoms with Crippen LogP contribution in [0.2, 0.25) is 0 Å². The van der Waals surface area contributed by atoms with E-state index in [0.717, 1.165) is 49.0 Å². The minimum absolute atomic E-state index is 0.0269. The summed E-state index contributed by atoms with van der Waals surface area (Å²) in [6.45, 7) is 4.43. The Bertz CT molecular complexity index is 803. The molecule has 1 aliphatic heterocycles. The Morgan fingerprint density at radius 1 is 1.21 bits per heavy atom. The topological polar surface area (TPSA) is 43.7 Å². The van der Waals surface area contributed by atoms with Crippen molar-refractivity contribution < 1.29 is 10.2 Å². The first-order valence-electron chi connectivity index (χ1n) is 8.63. The molecule has 0 bridgehead atoms. The Hall–Kier alpha value is -1.65. The van der Waals surface area contributed by atoms with Gasteiger partial charge in [0.25, 0.3) is 0 Å². The maximum Gasteiger partial charge on any atom is 0.165 e. The van der Waals surface area contributed by atoms with Crippen molar-refractivity contribution in [3.05, 3.63) is 41.0 Å². The molecule has 0 aromatic heterocycles. The van der Waals surface area contributed by atoms with Crippen LogP contribution in [0.5, 0.6) is 11.5 Å². The quantitative estimate of drug-likeness (QED) is 0.643. The van der Waals surface area contributed by atoms with Gasteiger partial charge in [-0.2, -0.15) is 0 Å². The van der Waals surface area contributed by atoms with Gasteiger partial charge in [0.1, 0.15) is 0 Å². The van der Waals surface area contributed by atoms with E-state index in [2.05, 4.69) is 30.2 Å². The summed E-state index contributed by atoms with van der Waals surface area (Å²) in [6.07, 6.45) is 5.20. The van der Waals surface area contributed by atoms with E-state index in [1.165, 1.54) is 16.0 Å². The van der Waals surface area contributed by atoms with Crippen molar-refractivity contribution >= 4 is 11.8 Å². The van der Waals surface area contributed by atoms with Gasteiger partial charge in [-0.25, -0.2) is 0 Å². The Morgan fingerprint density at radius 3 is 2.79 bits per heavy atom. The second-order valence-electron chi connectivity index (χ2n) is 6.72. The van der Waals surface area contributed by atoms with Crippen molar-refractivity contribution in [2.45, 2.75) is 37.1 Å². The van der Waals surface area contributed by atoms with E-state index in [4.69, 9.17) is 0 Å². The number of phenolic OH excluding ortho intramolecular Hbond substituents is 2.